The number of nitriles is 1. The van der Waals surface area contributed by atoms with Crippen LogP contribution in [0.5, 0.6) is 0 Å². The van der Waals surface area contributed by atoms with Crippen LogP contribution in [0.3, 0.4) is 0 Å². The molecule has 14 heavy (non-hydrogen) atoms. The van der Waals surface area contributed by atoms with Gasteiger partial charge in [0.15, 0.2) is 0 Å². The van der Waals surface area contributed by atoms with Crippen LogP contribution in [-0.2, 0) is 0 Å². The highest BCUT2D eigenvalue weighted by atomic mass is 35.5. The summed E-state index contributed by atoms with van der Waals surface area (Å²) < 4.78 is 12.6. The fourth-order valence-electron chi connectivity index (χ4n) is 1.05. The maximum Gasteiger partial charge on any atom is 0.123 e. The van der Waals surface area contributed by atoms with E-state index in [4.69, 9.17) is 16.9 Å². The van der Waals surface area contributed by atoms with E-state index in [2.05, 4.69) is 0 Å². The van der Waals surface area contributed by atoms with Crippen LogP contribution in [0.2, 0.25) is 0 Å². The molecule has 0 spiro atoms. The molecule has 0 N–H and O–H groups in total. The summed E-state index contributed by atoms with van der Waals surface area (Å²) in [6.45, 7) is 1.85. The smallest absolute Gasteiger partial charge is 0.123 e. The molecule has 0 atom stereocenters. The molecule has 0 aliphatic rings. The van der Waals surface area contributed by atoms with Crippen molar-refractivity contribution in [3.63, 3.8) is 0 Å². The minimum absolute atomic E-state index is 0.312. The van der Waals surface area contributed by atoms with Crippen LogP contribution >= 0.6 is 11.6 Å². The predicted octanol–water partition coefficient (Wildman–Crippen LogP) is 3.71. The van der Waals surface area contributed by atoms with E-state index in [0.717, 1.165) is 0 Å². The molecule has 0 heterocycles. The maximum atomic E-state index is 12.6. The van der Waals surface area contributed by atoms with Gasteiger partial charge in [0.2, 0.25) is 0 Å². The lowest BCUT2D eigenvalue weighted by Gasteiger charge is -2.01. The van der Waals surface area contributed by atoms with Crippen molar-refractivity contribution in [3.05, 3.63) is 41.2 Å². The van der Waals surface area contributed by atoms with Gasteiger partial charge in [-0.05, 0) is 24.1 Å². The van der Waals surface area contributed by atoms with Gasteiger partial charge in [0.1, 0.15) is 5.82 Å². The largest absolute Gasteiger partial charge is 0.207 e. The van der Waals surface area contributed by atoms with Crippen LogP contribution in [0.25, 0.3) is 5.03 Å². The second-order valence-electron chi connectivity index (χ2n) is 2.76. The van der Waals surface area contributed by atoms with Crippen LogP contribution < -0.4 is 0 Å². The van der Waals surface area contributed by atoms with Crippen molar-refractivity contribution in [2.45, 2.75) is 13.3 Å². The normalized spacial score (nSPS) is 11.9. The van der Waals surface area contributed by atoms with Gasteiger partial charge in [-0.1, -0.05) is 30.7 Å². The van der Waals surface area contributed by atoms with E-state index in [9.17, 15) is 4.39 Å². The summed E-state index contributed by atoms with van der Waals surface area (Å²) in [5.74, 6) is -0.312. The van der Waals surface area contributed by atoms with Gasteiger partial charge < -0.3 is 0 Å². The molecule has 0 radical (unpaired) electrons. The Labute approximate surface area is 87.4 Å². The van der Waals surface area contributed by atoms with Crippen LogP contribution in [0, 0.1) is 17.1 Å². The monoisotopic (exact) mass is 209 g/mol. The topological polar surface area (TPSA) is 23.8 Å². The van der Waals surface area contributed by atoms with Gasteiger partial charge in [-0.2, -0.15) is 5.26 Å². The highest BCUT2D eigenvalue weighted by molar-refractivity contribution is 6.49. The molecular weight excluding hydrogens is 201 g/mol. The van der Waals surface area contributed by atoms with Gasteiger partial charge in [0.25, 0.3) is 0 Å². The Morgan fingerprint density at radius 1 is 1.43 bits per heavy atom. The second kappa shape index (κ2) is 4.78. The van der Waals surface area contributed by atoms with Crippen molar-refractivity contribution in [3.8, 4) is 6.07 Å². The molecule has 1 nitrogen and oxygen atoms in total. The first kappa shape index (κ1) is 10.7. The molecule has 0 saturated heterocycles. The van der Waals surface area contributed by atoms with Gasteiger partial charge in [-0.3, -0.25) is 0 Å². The van der Waals surface area contributed by atoms with E-state index in [0.29, 0.717) is 22.6 Å². The van der Waals surface area contributed by atoms with Gasteiger partial charge in [-0.25, -0.2) is 4.39 Å². The molecule has 0 bridgehead atoms. The third kappa shape index (κ3) is 2.34. The van der Waals surface area contributed by atoms with Crippen molar-refractivity contribution in [2.75, 3.05) is 0 Å². The fraction of sp³-hybridized carbons (Fsp3) is 0.182. The van der Waals surface area contributed by atoms with Crippen molar-refractivity contribution in [2.24, 2.45) is 0 Å². The molecule has 0 saturated carbocycles. The zero-order valence-electron chi connectivity index (χ0n) is 7.72. The molecule has 1 aromatic carbocycles. The van der Waals surface area contributed by atoms with E-state index in [1.807, 2.05) is 13.0 Å². The van der Waals surface area contributed by atoms with Crippen molar-refractivity contribution in [1.29, 1.82) is 5.26 Å². The first-order chi connectivity index (χ1) is 6.69. The predicted molar refractivity (Wildman–Crippen MR) is 55.1 cm³/mol. The molecular formula is C11H9ClFN. The standard InChI is InChI=1S/C11H9ClFN/c1-2-8(7-14)11(12)9-3-5-10(13)6-4-9/h3-6H,2H2,1H3/b11-8-. The molecule has 0 fully saturated rings. The molecule has 0 amide bonds. The Morgan fingerprint density at radius 2 is 2.00 bits per heavy atom. The Balaban J connectivity index is 3.12. The summed E-state index contributed by atoms with van der Waals surface area (Å²) >= 11 is 5.96. The van der Waals surface area contributed by atoms with Crippen molar-refractivity contribution < 1.29 is 4.39 Å². The number of hydrogen-bond acceptors (Lipinski definition) is 1. The lowest BCUT2D eigenvalue weighted by atomic mass is 10.1. The summed E-state index contributed by atoms with van der Waals surface area (Å²) in [6, 6.07) is 7.78. The van der Waals surface area contributed by atoms with E-state index in [1.54, 1.807) is 12.1 Å². The molecule has 1 rings (SSSR count). The van der Waals surface area contributed by atoms with E-state index < -0.39 is 0 Å². The summed E-state index contributed by atoms with van der Waals surface area (Å²) in [6.07, 6.45) is 0.576. The second-order valence-corrected chi connectivity index (χ2v) is 3.14. The first-order valence-electron chi connectivity index (χ1n) is 4.23. The third-order valence-electron chi connectivity index (χ3n) is 1.85. The molecule has 72 valence electrons. The van der Waals surface area contributed by atoms with Crippen molar-refractivity contribution in [1.82, 2.24) is 0 Å². The Morgan fingerprint density at radius 3 is 2.43 bits per heavy atom. The highest BCUT2D eigenvalue weighted by Crippen LogP contribution is 2.24. The number of halogens is 2. The van der Waals surface area contributed by atoms with E-state index >= 15 is 0 Å². The maximum absolute atomic E-state index is 12.6. The lowest BCUT2D eigenvalue weighted by molar-refractivity contribution is 0.627. The van der Waals surface area contributed by atoms with E-state index in [-0.39, 0.29) is 5.82 Å². The summed E-state index contributed by atoms with van der Waals surface area (Å²) in [4.78, 5) is 0. The number of benzene rings is 1. The number of hydrogen-bond donors (Lipinski definition) is 0. The lowest BCUT2D eigenvalue weighted by Crippen LogP contribution is -1.84. The molecule has 0 unspecified atom stereocenters. The third-order valence-corrected chi connectivity index (χ3v) is 2.30. The Kier molecular flexibility index (Phi) is 3.67. The summed E-state index contributed by atoms with van der Waals surface area (Å²) in [7, 11) is 0. The molecule has 0 aromatic heterocycles. The molecule has 0 aliphatic carbocycles. The Hall–Kier alpha value is -1.33. The number of allylic oxidation sites excluding steroid dienone is 1. The quantitative estimate of drug-likeness (QED) is 0.682. The van der Waals surface area contributed by atoms with Crippen LogP contribution in [0.15, 0.2) is 29.8 Å². The number of rotatable bonds is 2. The minimum atomic E-state index is -0.312. The van der Waals surface area contributed by atoms with Crippen LogP contribution in [0.4, 0.5) is 4.39 Å². The SMILES string of the molecule is CC/C(C#N)=C(/Cl)c1ccc(F)cc1. The number of nitrogens with zero attached hydrogens (tertiary/aromatic N) is 1. The zero-order chi connectivity index (χ0) is 10.6. The average Bonchev–Trinajstić information content (AvgIpc) is 2.20. The average molecular weight is 210 g/mol. The first-order valence-corrected chi connectivity index (χ1v) is 4.61. The summed E-state index contributed by atoms with van der Waals surface area (Å²) in [5, 5.41) is 9.14. The summed E-state index contributed by atoms with van der Waals surface area (Å²) in [5.41, 5.74) is 1.18. The van der Waals surface area contributed by atoms with Gasteiger partial charge in [0, 0.05) is 5.57 Å². The molecule has 3 heteroatoms. The van der Waals surface area contributed by atoms with E-state index in [1.165, 1.54) is 12.1 Å². The van der Waals surface area contributed by atoms with Crippen LogP contribution in [-0.4, -0.2) is 0 Å². The Bertz CT molecular complexity index is 387. The van der Waals surface area contributed by atoms with Gasteiger partial charge in [0.05, 0.1) is 11.1 Å². The van der Waals surface area contributed by atoms with Crippen LogP contribution in [0.1, 0.15) is 18.9 Å². The van der Waals surface area contributed by atoms with Gasteiger partial charge >= 0.3 is 0 Å². The minimum Gasteiger partial charge on any atom is -0.207 e. The molecule has 1 aromatic rings. The van der Waals surface area contributed by atoms with Gasteiger partial charge in [-0.15, -0.1) is 0 Å². The van der Waals surface area contributed by atoms with Crippen molar-refractivity contribution >= 4 is 16.6 Å². The highest BCUT2D eigenvalue weighted by Gasteiger charge is 2.04. The zero-order valence-corrected chi connectivity index (χ0v) is 8.48. The molecule has 0 aliphatic heterocycles. The fourth-order valence-corrected chi connectivity index (χ4v) is 1.36.